The second-order valence-electron chi connectivity index (χ2n) is 7.32. The highest BCUT2D eigenvalue weighted by atomic mass is 32.1. The van der Waals surface area contributed by atoms with Gasteiger partial charge in [-0.05, 0) is 25.7 Å². The first-order valence-corrected chi connectivity index (χ1v) is 9.03. The van der Waals surface area contributed by atoms with Crippen molar-refractivity contribution in [2.45, 2.75) is 84.2 Å². The number of hydrogen-bond acceptors (Lipinski definition) is 3. The van der Waals surface area contributed by atoms with Crippen LogP contribution >= 0.6 is 11.3 Å². The second-order valence-corrected chi connectivity index (χ2v) is 8.17. The average molecular weight is 295 g/mol. The van der Waals surface area contributed by atoms with Crippen molar-refractivity contribution >= 4 is 11.3 Å². The summed E-state index contributed by atoms with van der Waals surface area (Å²) >= 11 is 1.80. The Hall–Kier alpha value is -0.410. The van der Waals surface area contributed by atoms with E-state index in [4.69, 9.17) is 4.98 Å². The lowest BCUT2D eigenvalue weighted by Crippen LogP contribution is -2.33. The molecule has 1 aromatic rings. The van der Waals surface area contributed by atoms with Gasteiger partial charge in [0.2, 0.25) is 0 Å². The topological polar surface area (TPSA) is 24.9 Å². The predicted octanol–water partition coefficient (Wildman–Crippen LogP) is 4.89. The molecule has 0 saturated heterocycles. The lowest BCUT2D eigenvalue weighted by Gasteiger charge is -2.23. The third-order valence-electron chi connectivity index (χ3n) is 4.41. The van der Waals surface area contributed by atoms with Crippen LogP contribution in [0.25, 0.3) is 0 Å². The molecule has 114 valence electrons. The van der Waals surface area contributed by atoms with Gasteiger partial charge in [-0.3, -0.25) is 0 Å². The number of rotatable bonds is 4. The Morgan fingerprint density at radius 1 is 1.25 bits per heavy atom. The van der Waals surface area contributed by atoms with E-state index in [1.807, 2.05) is 0 Å². The zero-order valence-corrected chi connectivity index (χ0v) is 14.4. The van der Waals surface area contributed by atoms with E-state index in [2.05, 4.69) is 38.4 Å². The van der Waals surface area contributed by atoms with Crippen LogP contribution in [-0.2, 0) is 12.0 Å². The molecule has 1 atom stereocenters. The van der Waals surface area contributed by atoms with Crippen LogP contribution in [-0.4, -0.2) is 11.0 Å². The molecule has 1 saturated carbocycles. The van der Waals surface area contributed by atoms with Crippen LogP contribution in [0.15, 0.2) is 5.38 Å². The van der Waals surface area contributed by atoms with Crippen molar-refractivity contribution in [3.63, 3.8) is 0 Å². The first-order valence-electron chi connectivity index (χ1n) is 8.15. The lowest BCUT2D eigenvalue weighted by molar-refractivity contribution is 0.335. The fourth-order valence-corrected chi connectivity index (χ4v) is 3.88. The summed E-state index contributed by atoms with van der Waals surface area (Å²) < 4.78 is 0. The Bertz CT molecular complexity index is 397. The number of thiazole rings is 1. The van der Waals surface area contributed by atoms with Gasteiger partial charge < -0.3 is 5.32 Å². The van der Waals surface area contributed by atoms with Gasteiger partial charge in [-0.15, -0.1) is 11.3 Å². The van der Waals surface area contributed by atoms with E-state index in [9.17, 15) is 0 Å². The average Bonchev–Trinajstić information content (AvgIpc) is 2.70. The van der Waals surface area contributed by atoms with Gasteiger partial charge in [-0.25, -0.2) is 4.98 Å². The molecule has 1 aromatic heterocycles. The van der Waals surface area contributed by atoms with E-state index in [1.54, 1.807) is 11.3 Å². The van der Waals surface area contributed by atoms with E-state index in [1.165, 1.54) is 49.2 Å². The molecule has 0 radical (unpaired) electrons. The smallest absolute Gasteiger partial charge is 0.0982 e. The molecule has 0 amide bonds. The quantitative estimate of drug-likeness (QED) is 0.800. The molecule has 0 spiro atoms. The number of hydrogen-bond donors (Lipinski definition) is 1. The Morgan fingerprint density at radius 3 is 2.45 bits per heavy atom. The van der Waals surface area contributed by atoms with Gasteiger partial charge in [0, 0.05) is 23.4 Å². The summed E-state index contributed by atoms with van der Waals surface area (Å²) in [5, 5.41) is 7.17. The van der Waals surface area contributed by atoms with Crippen molar-refractivity contribution in [3.8, 4) is 0 Å². The fourth-order valence-electron chi connectivity index (χ4n) is 2.98. The minimum Gasteiger partial charge on any atom is -0.308 e. The van der Waals surface area contributed by atoms with Gasteiger partial charge in [-0.1, -0.05) is 46.5 Å². The molecule has 1 aliphatic carbocycles. The standard InChI is InChI=1S/C17H30N2S/c1-13(14-9-7-5-6-8-10-14)18-11-15-12-20-16(19-15)17(2,3)4/h12-14,18H,5-11H2,1-4H3/t13-/m0/s1. The second kappa shape index (κ2) is 7.04. The highest BCUT2D eigenvalue weighted by Gasteiger charge is 2.20. The molecule has 1 N–H and O–H groups in total. The maximum Gasteiger partial charge on any atom is 0.0982 e. The SMILES string of the molecule is C[C@H](NCc1csc(C(C)(C)C)n1)C1CCCCCC1. The van der Waals surface area contributed by atoms with Gasteiger partial charge in [0.1, 0.15) is 0 Å². The first kappa shape index (κ1) is 16.0. The molecule has 20 heavy (non-hydrogen) atoms. The van der Waals surface area contributed by atoms with Crippen molar-refractivity contribution in [3.05, 3.63) is 16.1 Å². The van der Waals surface area contributed by atoms with Gasteiger partial charge in [0.25, 0.3) is 0 Å². The molecule has 2 rings (SSSR count). The summed E-state index contributed by atoms with van der Waals surface area (Å²) in [4.78, 5) is 4.77. The van der Waals surface area contributed by atoms with Gasteiger partial charge in [0.15, 0.2) is 0 Å². The molecule has 0 aromatic carbocycles. The molecule has 0 bridgehead atoms. The summed E-state index contributed by atoms with van der Waals surface area (Å²) in [6.07, 6.45) is 8.51. The van der Waals surface area contributed by atoms with E-state index >= 15 is 0 Å². The first-order chi connectivity index (χ1) is 9.47. The fraction of sp³-hybridized carbons (Fsp3) is 0.824. The highest BCUT2D eigenvalue weighted by Crippen LogP contribution is 2.27. The zero-order chi connectivity index (χ0) is 14.6. The predicted molar refractivity (Wildman–Crippen MR) is 88.3 cm³/mol. The molecule has 0 unspecified atom stereocenters. The molecule has 1 heterocycles. The molecule has 1 fully saturated rings. The minimum atomic E-state index is 0.176. The van der Waals surface area contributed by atoms with Gasteiger partial charge in [-0.2, -0.15) is 0 Å². The zero-order valence-electron chi connectivity index (χ0n) is 13.5. The van der Waals surface area contributed by atoms with Gasteiger partial charge in [0.05, 0.1) is 10.7 Å². The summed E-state index contributed by atoms with van der Waals surface area (Å²) in [6, 6.07) is 0.618. The van der Waals surface area contributed by atoms with Crippen LogP contribution in [0.2, 0.25) is 0 Å². The van der Waals surface area contributed by atoms with Crippen LogP contribution in [0.3, 0.4) is 0 Å². The lowest BCUT2D eigenvalue weighted by atomic mass is 9.93. The third-order valence-corrected chi connectivity index (χ3v) is 5.72. The molecule has 2 nitrogen and oxygen atoms in total. The molecular weight excluding hydrogens is 264 g/mol. The van der Waals surface area contributed by atoms with E-state index in [-0.39, 0.29) is 5.41 Å². The van der Waals surface area contributed by atoms with Crippen LogP contribution in [0.4, 0.5) is 0 Å². The van der Waals surface area contributed by atoms with E-state index in [0.717, 1.165) is 12.5 Å². The monoisotopic (exact) mass is 294 g/mol. The maximum absolute atomic E-state index is 4.77. The molecule has 1 aliphatic rings. The van der Waals surface area contributed by atoms with Crippen LogP contribution in [0.1, 0.15) is 76.9 Å². The summed E-state index contributed by atoms with van der Waals surface area (Å²) in [6.45, 7) is 9.98. The summed E-state index contributed by atoms with van der Waals surface area (Å²) in [5.74, 6) is 0.859. The summed E-state index contributed by atoms with van der Waals surface area (Å²) in [7, 11) is 0. The molecular formula is C17H30N2S. The Kier molecular flexibility index (Phi) is 5.62. The number of nitrogens with one attached hydrogen (secondary N) is 1. The van der Waals surface area contributed by atoms with Crippen molar-refractivity contribution in [1.29, 1.82) is 0 Å². The van der Waals surface area contributed by atoms with Crippen molar-refractivity contribution in [2.24, 2.45) is 5.92 Å². The Morgan fingerprint density at radius 2 is 1.90 bits per heavy atom. The molecule has 0 aliphatic heterocycles. The van der Waals surface area contributed by atoms with Crippen molar-refractivity contribution < 1.29 is 0 Å². The largest absolute Gasteiger partial charge is 0.308 e. The van der Waals surface area contributed by atoms with E-state index < -0.39 is 0 Å². The maximum atomic E-state index is 4.77. The minimum absolute atomic E-state index is 0.176. The third kappa shape index (κ3) is 4.56. The van der Waals surface area contributed by atoms with Gasteiger partial charge >= 0.3 is 0 Å². The highest BCUT2D eigenvalue weighted by molar-refractivity contribution is 7.09. The van der Waals surface area contributed by atoms with Crippen molar-refractivity contribution in [1.82, 2.24) is 10.3 Å². The number of nitrogens with zero attached hydrogens (tertiary/aromatic N) is 1. The van der Waals surface area contributed by atoms with Crippen LogP contribution < -0.4 is 5.32 Å². The van der Waals surface area contributed by atoms with Crippen LogP contribution in [0, 0.1) is 5.92 Å². The normalized spacial score (nSPS) is 19.8. The number of aromatic nitrogens is 1. The Labute approximate surface area is 128 Å². The van der Waals surface area contributed by atoms with Crippen LogP contribution in [0.5, 0.6) is 0 Å². The van der Waals surface area contributed by atoms with E-state index in [0.29, 0.717) is 6.04 Å². The summed E-state index contributed by atoms with van der Waals surface area (Å²) in [5.41, 5.74) is 1.39. The Balaban J connectivity index is 1.83. The van der Waals surface area contributed by atoms with Crippen molar-refractivity contribution in [2.75, 3.05) is 0 Å². The molecule has 3 heteroatoms.